The summed E-state index contributed by atoms with van der Waals surface area (Å²) in [6.45, 7) is 6.03. The quantitative estimate of drug-likeness (QED) is 0.722. The number of carbonyl (C=O) groups is 1. The number of anilines is 2. The van der Waals surface area contributed by atoms with Crippen LogP contribution in [0.3, 0.4) is 0 Å². The first-order valence-corrected chi connectivity index (χ1v) is 8.54. The molecule has 0 aliphatic heterocycles. The first-order chi connectivity index (χ1) is 12.5. The monoisotopic (exact) mass is 346 g/mol. The minimum atomic E-state index is -0.229. The molecule has 3 aromatic rings. The highest BCUT2D eigenvalue weighted by molar-refractivity contribution is 5.93. The van der Waals surface area contributed by atoms with Crippen LogP contribution in [0.2, 0.25) is 0 Å². The highest BCUT2D eigenvalue weighted by Gasteiger charge is 2.13. The minimum absolute atomic E-state index is 0.102. The molecule has 0 saturated carbocycles. The predicted octanol–water partition coefficient (Wildman–Crippen LogP) is 4.33. The van der Waals surface area contributed by atoms with E-state index in [0.29, 0.717) is 11.5 Å². The Morgan fingerprint density at radius 1 is 0.962 bits per heavy atom. The maximum Gasteiger partial charge on any atom is 0.270 e. The second-order valence-corrected chi connectivity index (χ2v) is 6.40. The van der Waals surface area contributed by atoms with Crippen molar-refractivity contribution in [1.82, 2.24) is 15.3 Å². The van der Waals surface area contributed by atoms with E-state index in [2.05, 4.69) is 26.7 Å². The van der Waals surface area contributed by atoms with Gasteiger partial charge in [0.2, 0.25) is 0 Å². The SMILES string of the molecule is Cc1cc(C)cc(Nc2cc(C(=O)NC(C)c3ccccc3)ncn2)c1. The fraction of sp³-hybridized carbons (Fsp3) is 0.190. The van der Waals surface area contributed by atoms with Gasteiger partial charge in [0.25, 0.3) is 5.91 Å². The molecule has 1 aromatic heterocycles. The normalized spacial score (nSPS) is 11.7. The van der Waals surface area contributed by atoms with Crippen LogP contribution in [0, 0.1) is 13.8 Å². The molecule has 3 rings (SSSR count). The van der Waals surface area contributed by atoms with E-state index in [1.807, 2.05) is 63.2 Å². The largest absolute Gasteiger partial charge is 0.344 e. The molecule has 1 heterocycles. The van der Waals surface area contributed by atoms with Gasteiger partial charge in [-0.15, -0.1) is 0 Å². The Morgan fingerprint density at radius 2 is 1.65 bits per heavy atom. The summed E-state index contributed by atoms with van der Waals surface area (Å²) in [5.74, 6) is 0.356. The smallest absolute Gasteiger partial charge is 0.270 e. The van der Waals surface area contributed by atoms with Crippen molar-refractivity contribution in [3.63, 3.8) is 0 Å². The van der Waals surface area contributed by atoms with Gasteiger partial charge in [0.1, 0.15) is 17.8 Å². The standard InChI is InChI=1S/C21H22N4O/c1-14-9-15(2)11-18(10-14)25-20-12-19(22-13-23-20)21(26)24-16(3)17-7-5-4-6-8-17/h4-13,16H,1-3H3,(H,24,26)(H,22,23,25). The Balaban J connectivity index is 1.73. The Kier molecular flexibility index (Phi) is 5.27. The van der Waals surface area contributed by atoms with Crippen molar-refractivity contribution in [3.05, 3.63) is 83.3 Å². The van der Waals surface area contributed by atoms with E-state index in [4.69, 9.17) is 0 Å². The van der Waals surface area contributed by atoms with E-state index in [-0.39, 0.29) is 11.9 Å². The number of hydrogen-bond donors (Lipinski definition) is 2. The van der Waals surface area contributed by atoms with Crippen molar-refractivity contribution in [2.24, 2.45) is 0 Å². The molecule has 5 nitrogen and oxygen atoms in total. The molecule has 5 heteroatoms. The molecule has 26 heavy (non-hydrogen) atoms. The van der Waals surface area contributed by atoms with Crippen LogP contribution < -0.4 is 10.6 Å². The Bertz CT molecular complexity index is 889. The van der Waals surface area contributed by atoms with Crippen LogP contribution in [0.5, 0.6) is 0 Å². The van der Waals surface area contributed by atoms with Crippen LogP contribution in [0.25, 0.3) is 0 Å². The van der Waals surface area contributed by atoms with Gasteiger partial charge >= 0.3 is 0 Å². The van der Waals surface area contributed by atoms with Crippen molar-refractivity contribution >= 4 is 17.4 Å². The number of nitrogens with one attached hydrogen (secondary N) is 2. The summed E-state index contributed by atoms with van der Waals surface area (Å²) in [4.78, 5) is 20.8. The van der Waals surface area contributed by atoms with Crippen molar-refractivity contribution in [1.29, 1.82) is 0 Å². The lowest BCUT2D eigenvalue weighted by molar-refractivity contribution is 0.0934. The van der Waals surface area contributed by atoms with Gasteiger partial charge in [-0.2, -0.15) is 0 Å². The molecule has 0 radical (unpaired) electrons. The molecule has 0 aliphatic carbocycles. The van der Waals surface area contributed by atoms with Crippen molar-refractivity contribution in [2.45, 2.75) is 26.8 Å². The first kappa shape index (κ1) is 17.6. The van der Waals surface area contributed by atoms with Gasteiger partial charge in [0, 0.05) is 11.8 Å². The lowest BCUT2D eigenvalue weighted by atomic mass is 10.1. The molecule has 0 spiro atoms. The third kappa shape index (κ3) is 4.45. The number of rotatable bonds is 5. The number of amides is 1. The van der Waals surface area contributed by atoms with Crippen LogP contribution in [0.4, 0.5) is 11.5 Å². The summed E-state index contributed by atoms with van der Waals surface area (Å²) in [5, 5.41) is 6.20. The van der Waals surface area contributed by atoms with Crippen LogP contribution in [-0.4, -0.2) is 15.9 Å². The Morgan fingerprint density at radius 3 is 2.35 bits per heavy atom. The van der Waals surface area contributed by atoms with E-state index in [1.54, 1.807) is 6.07 Å². The van der Waals surface area contributed by atoms with Crippen LogP contribution >= 0.6 is 0 Å². The number of carbonyl (C=O) groups excluding carboxylic acids is 1. The zero-order chi connectivity index (χ0) is 18.5. The first-order valence-electron chi connectivity index (χ1n) is 8.54. The molecule has 0 saturated heterocycles. The zero-order valence-corrected chi connectivity index (χ0v) is 15.2. The number of aryl methyl sites for hydroxylation is 2. The lowest BCUT2D eigenvalue weighted by Crippen LogP contribution is -2.27. The van der Waals surface area contributed by atoms with Crippen LogP contribution in [0.1, 0.15) is 40.1 Å². The molecular formula is C21H22N4O. The third-order valence-electron chi connectivity index (χ3n) is 4.04. The number of nitrogens with zero attached hydrogens (tertiary/aromatic N) is 2. The van der Waals surface area contributed by atoms with E-state index in [0.717, 1.165) is 22.4 Å². The second-order valence-electron chi connectivity index (χ2n) is 6.40. The van der Waals surface area contributed by atoms with Crippen molar-refractivity contribution in [2.75, 3.05) is 5.32 Å². The molecule has 1 atom stereocenters. The molecule has 0 fully saturated rings. The van der Waals surface area contributed by atoms with Crippen molar-refractivity contribution in [3.8, 4) is 0 Å². The number of hydrogen-bond acceptors (Lipinski definition) is 4. The third-order valence-corrected chi connectivity index (χ3v) is 4.04. The fourth-order valence-electron chi connectivity index (χ4n) is 2.84. The fourth-order valence-corrected chi connectivity index (χ4v) is 2.84. The van der Waals surface area contributed by atoms with Gasteiger partial charge in [-0.05, 0) is 49.6 Å². The summed E-state index contributed by atoms with van der Waals surface area (Å²) in [5.41, 5.74) is 4.63. The maximum atomic E-state index is 12.5. The topological polar surface area (TPSA) is 66.9 Å². The summed E-state index contributed by atoms with van der Waals surface area (Å²) in [7, 11) is 0. The van der Waals surface area contributed by atoms with E-state index < -0.39 is 0 Å². The second kappa shape index (κ2) is 7.78. The van der Waals surface area contributed by atoms with Crippen molar-refractivity contribution < 1.29 is 4.79 Å². The summed E-state index contributed by atoms with van der Waals surface area (Å²) in [6.07, 6.45) is 1.40. The van der Waals surface area contributed by atoms with Gasteiger partial charge in [0.15, 0.2) is 0 Å². The van der Waals surface area contributed by atoms with E-state index in [1.165, 1.54) is 6.33 Å². The molecule has 0 aliphatic rings. The maximum absolute atomic E-state index is 12.5. The van der Waals surface area contributed by atoms with E-state index >= 15 is 0 Å². The highest BCUT2D eigenvalue weighted by Crippen LogP contribution is 2.19. The summed E-state index contributed by atoms with van der Waals surface area (Å²) < 4.78 is 0. The summed E-state index contributed by atoms with van der Waals surface area (Å²) >= 11 is 0. The lowest BCUT2D eigenvalue weighted by Gasteiger charge is -2.14. The Hall–Kier alpha value is -3.21. The average Bonchev–Trinajstić information content (AvgIpc) is 2.61. The number of benzene rings is 2. The Labute approximate surface area is 153 Å². The van der Waals surface area contributed by atoms with Gasteiger partial charge in [0.05, 0.1) is 6.04 Å². The van der Waals surface area contributed by atoms with Crippen LogP contribution in [-0.2, 0) is 0 Å². The predicted molar refractivity (Wildman–Crippen MR) is 104 cm³/mol. The molecule has 1 amide bonds. The van der Waals surface area contributed by atoms with Gasteiger partial charge in [-0.25, -0.2) is 9.97 Å². The van der Waals surface area contributed by atoms with Gasteiger partial charge in [-0.3, -0.25) is 4.79 Å². The molecule has 1 unspecified atom stereocenters. The molecular weight excluding hydrogens is 324 g/mol. The summed E-state index contributed by atoms with van der Waals surface area (Å²) in [6, 6.07) is 17.6. The molecule has 2 N–H and O–H groups in total. The zero-order valence-electron chi connectivity index (χ0n) is 15.2. The van der Waals surface area contributed by atoms with E-state index in [9.17, 15) is 4.79 Å². The van der Waals surface area contributed by atoms with Crippen LogP contribution in [0.15, 0.2) is 60.9 Å². The minimum Gasteiger partial charge on any atom is -0.344 e. The van der Waals surface area contributed by atoms with Gasteiger partial charge in [-0.1, -0.05) is 36.4 Å². The van der Waals surface area contributed by atoms with Gasteiger partial charge < -0.3 is 10.6 Å². The highest BCUT2D eigenvalue weighted by atomic mass is 16.1. The molecule has 132 valence electrons. The molecule has 2 aromatic carbocycles. The number of aromatic nitrogens is 2. The average molecular weight is 346 g/mol. The molecule has 0 bridgehead atoms.